The first kappa shape index (κ1) is 15.2. The molecular weight excluding hydrogens is 158 g/mol. The Labute approximate surface area is 115 Å². The van der Waals surface area contributed by atoms with Crippen LogP contribution >= 0.6 is 0 Å². The average Bonchev–Trinajstić information content (AvgIpc) is 1.59. The van der Waals surface area contributed by atoms with Crippen LogP contribution in [0.3, 0.4) is 0 Å². The van der Waals surface area contributed by atoms with Gasteiger partial charge in [0.2, 0.25) is 0 Å². The van der Waals surface area contributed by atoms with Crippen molar-refractivity contribution in [3.05, 3.63) is 0 Å². The molecule has 0 aliphatic carbocycles. The van der Waals surface area contributed by atoms with E-state index in [1.165, 1.54) is 0 Å². The molecule has 0 N–H and O–H groups in total. The molecule has 0 saturated heterocycles. The average molecular weight is 180 g/mol. The first-order valence-corrected chi connectivity index (χ1v) is 4.46. The van der Waals surface area contributed by atoms with Crippen molar-refractivity contribution in [3.8, 4) is 0 Å². The van der Waals surface area contributed by atoms with Crippen LogP contribution in [0, 0.1) is 0 Å². The zero-order valence-electron chi connectivity index (χ0n) is 8.31. The SMILES string of the molecule is CC(C)B(C(C)C)C(C)C.[KH]. The molecule has 0 aliphatic heterocycles. The van der Waals surface area contributed by atoms with Gasteiger partial charge in [-0.15, -0.1) is 0 Å². The number of hydrogen-bond acceptors (Lipinski definition) is 0. The second kappa shape index (κ2) is 7.14. The zero-order chi connectivity index (χ0) is 8.31. The van der Waals surface area contributed by atoms with Crippen LogP contribution in [0.2, 0.25) is 17.5 Å². The van der Waals surface area contributed by atoms with Gasteiger partial charge in [-0.1, -0.05) is 59.0 Å². The molecule has 62 valence electrons. The first-order valence-electron chi connectivity index (χ1n) is 4.46. The molecular formula is C9H22BK. The molecule has 0 saturated carbocycles. The summed E-state index contributed by atoms with van der Waals surface area (Å²) in [6.45, 7) is 14.8. The van der Waals surface area contributed by atoms with Gasteiger partial charge in [0.1, 0.15) is 6.71 Å². The Hall–Kier alpha value is 1.70. The molecule has 0 aromatic rings. The van der Waals surface area contributed by atoms with E-state index in [2.05, 4.69) is 41.5 Å². The molecule has 0 bridgehead atoms. The summed E-state index contributed by atoms with van der Waals surface area (Å²) >= 11 is 0. The van der Waals surface area contributed by atoms with Crippen LogP contribution in [0.1, 0.15) is 41.5 Å². The Bertz CT molecular complexity index is 70.5. The summed E-state index contributed by atoms with van der Waals surface area (Å²) < 4.78 is 0. The van der Waals surface area contributed by atoms with E-state index < -0.39 is 0 Å². The van der Waals surface area contributed by atoms with Crippen molar-refractivity contribution in [1.29, 1.82) is 0 Å². The van der Waals surface area contributed by atoms with Crippen LogP contribution in [0.15, 0.2) is 0 Å². The van der Waals surface area contributed by atoms with Gasteiger partial charge in [0.25, 0.3) is 0 Å². The summed E-state index contributed by atoms with van der Waals surface area (Å²) in [6.07, 6.45) is 0. The molecule has 0 aromatic carbocycles. The van der Waals surface area contributed by atoms with E-state index in [1.54, 1.807) is 0 Å². The number of hydrogen-bond donors (Lipinski definition) is 0. The summed E-state index contributed by atoms with van der Waals surface area (Å²) in [5.74, 6) is 2.50. The van der Waals surface area contributed by atoms with Crippen molar-refractivity contribution in [3.63, 3.8) is 0 Å². The van der Waals surface area contributed by atoms with Gasteiger partial charge in [0.05, 0.1) is 0 Å². The van der Waals surface area contributed by atoms with Crippen LogP contribution in [0.25, 0.3) is 0 Å². The molecule has 0 aliphatic rings. The molecule has 0 rings (SSSR count). The molecule has 0 fully saturated rings. The summed E-state index contributed by atoms with van der Waals surface area (Å²) in [5, 5.41) is 0. The van der Waals surface area contributed by atoms with Crippen LogP contribution in [-0.2, 0) is 0 Å². The van der Waals surface area contributed by atoms with E-state index in [0.717, 1.165) is 24.2 Å². The van der Waals surface area contributed by atoms with Gasteiger partial charge < -0.3 is 0 Å². The fourth-order valence-electron chi connectivity index (χ4n) is 2.31. The first-order chi connectivity index (χ1) is 4.46. The summed E-state index contributed by atoms with van der Waals surface area (Å²) in [7, 11) is 0. The fourth-order valence-corrected chi connectivity index (χ4v) is 2.31. The van der Waals surface area contributed by atoms with Crippen molar-refractivity contribution in [2.75, 3.05) is 0 Å². The summed E-state index contributed by atoms with van der Waals surface area (Å²) in [4.78, 5) is 0. The van der Waals surface area contributed by atoms with E-state index >= 15 is 0 Å². The predicted molar refractivity (Wildman–Crippen MR) is 58.2 cm³/mol. The fraction of sp³-hybridized carbons (Fsp3) is 1.00. The Balaban J connectivity index is 0. The topological polar surface area (TPSA) is 0 Å². The Kier molecular flexibility index (Phi) is 9.85. The van der Waals surface area contributed by atoms with E-state index in [4.69, 9.17) is 0 Å². The van der Waals surface area contributed by atoms with Gasteiger partial charge >= 0.3 is 51.4 Å². The summed E-state index contributed by atoms with van der Waals surface area (Å²) in [5.41, 5.74) is 0. The van der Waals surface area contributed by atoms with E-state index in [0.29, 0.717) is 0 Å². The van der Waals surface area contributed by atoms with E-state index in [9.17, 15) is 0 Å². The second-order valence-electron chi connectivity index (χ2n) is 4.31. The van der Waals surface area contributed by atoms with E-state index in [1.807, 2.05) is 0 Å². The van der Waals surface area contributed by atoms with Crippen LogP contribution in [0.4, 0.5) is 0 Å². The molecule has 11 heavy (non-hydrogen) atoms. The Morgan fingerprint density at radius 3 is 0.818 bits per heavy atom. The van der Waals surface area contributed by atoms with Gasteiger partial charge in [-0.2, -0.15) is 0 Å². The maximum absolute atomic E-state index is 2.32. The van der Waals surface area contributed by atoms with Crippen LogP contribution < -0.4 is 0 Å². The minimum absolute atomic E-state index is 0. The molecule has 0 radical (unpaired) electrons. The third kappa shape index (κ3) is 5.87. The van der Waals surface area contributed by atoms with E-state index in [-0.39, 0.29) is 51.4 Å². The van der Waals surface area contributed by atoms with Gasteiger partial charge in [-0.25, -0.2) is 0 Å². The molecule has 0 aromatic heterocycles. The zero-order valence-corrected chi connectivity index (χ0v) is 8.31. The van der Waals surface area contributed by atoms with Gasteiger partial charge in [-0.05, 0) is 0 Å². The van der Waals surface area contributed by atoms with Crippen molar-refractivity contribution in [1.82, 2.24) is 0 Å². The monoisotopic (exact) mass is 180 g/mol. The van der Waals surface area contributed by atoms with Crippen molar-refractivity contribution in [2.45, 2.75) is 59.0 Å². The molecule has 0 atom stereocenters. The third-order valence-corrected chi connectivity index (χ3v) is 2.31. The van der Waals surface area contributed by atoms with Gasteiger partial charge in [0.15, 0.2) is 0 Å². The van der Waals surface area contributed by atoms with Crippen molar-refractivity contribution in [2.24, 2.45) is 0 Å². The van der Waals surface area contributed by atoms with Gasteiger partial charge in [-0.3, -0.25) is 0 Å². The molecule has 0 unspecified atom stereocenters. The normalized spacial score (nSPS) is 10.6. The van der Waals surface area contributed by atoms with Gasteiger partial charge in [0, 0.05) is 0 Å². The standard InChI is InChI=1S/C9H21B.K.H/c1-7(2)10(8(3)4)9(5)6;;/h7-9H,1-6H3;;. The quantitative estimate of drug-likeness (QED) is 0.585. The molecule has 2 heteroatoms. The Morgan fingerprint density at radius 2 is 0.818 bits per heavy atom. The number of rotatable bonds is 3. The molecule has 0 spiro atoms. The predicted octanol–water partition coefficient (Wildman–Crippen LogP) is 3.06. The van der Waals surface area contributed by atoms with Crippen molar-refractivity contribution >= 4 is 58.1 Å². The van der Waals surface area contributed by atoms with Crippen LogP contribution in [0.5, 0.6) is 0 Å². The molecule has 0 amide bonds. The van der Waals surface area contributed by atoms with Crippen molar-refractivity contribution < 1.29 is 0 Å². The summed E-state index contributed by atoms with van der Waals surface area (Å²) in [6, 6.07) is 0. The molecule has 0 heterocycles. The van der Waals surface area contributed by atoms with Crippen LogP contribution in [-0.4, -0.2) is 58.1 Å². The second-order valence-corrected chi connectivity index (χ2v) is 4.31. The minimum atomic E-state index is 0. The maximum atomic E-state index is 2.32. The molecule has 0 nitrogen and oxygen atoms in total. The Morgan fingerprint density at radius 1 is 0.636 bits per heavy atom. The third-order valence-electron chi connectivity index (χ3n) is 2.31.